The van der Waals surface area contributed by atoms with E-state index in [1.165, 1.54) is 10.8 Å². The first-order valence-electron chi connectivity index (χ1n) is 13.2. The zero-order chi connectivity index (χ0) is 30.0. The molecule has 0 aliphatic carbocycles. The van der Waals surface area contributed by atoms with Crippen molar-refractivity contribution in [3.05, 3.63) is 43.7 Å². The van der Waals surface area contributed by atoms with Gasteiger partial charge < -0.3 is 19.3 Å². The van der Waals surface area contributed by atoms with Gasteiger partial charge in [-0.3, -0.25) is 14.3 Å². The Labute approximate surface area is 233 Å². The Balaban J connectivity index is 2.25. The summed E-state index contributed by atoms with van der Waals surface area (Å²) in [5, 5.41) is 0.466. The van der Waals surface area contributed by atoms with Crippen LogP contribution in [-0.2, 0) is 34.3 Å². The summed E-state index contributed by atoms with van der Waals surface area (Å²) in [5.74, 6) is 0. The van der Waals surface area contributed by atoms with Gasteiger partial charge in [-0.05, 0) is 42.7 Å². The Morgan fingerprint density at radius 2 is 1.64 bits per heavy atom. The number of hydrogen-bond donors (Lipinski definition) is 2. The van der Waals surface area contributed by atoms with Crippen molar-refractivity contribution in [1.82, 2.24) is 9.55 Å². The van der Waals surface area contributed by atoms with E-state index in [4.69, 9.17) is 23.5 Å². The Bertz CT molecular complexity index is 1350. The SMILES string of the molecule is CCc1cn([C@@H]2O[C@H](CO[Si](C)(C)C(C)(C)C)C3(OS(=O)(=O)C=C3N)[C@H]2O[Si](C)(C)C(C)(C)C)c(=O)[nH]c1=O. The predicted molar refractivity (Wildman–Crippen MR) is 155 cm³/mol. The van der Waals surface area contributed by atoms with Crippen molar-refractivity contribution in [2.45, 2.75) is 115 Å². The van der Waals surface area contributed by atoms with Crippen LogP contribution in [-0.4, -0.2) is 59.0 Å². The lowest BCUT2D eigenvalue weighted by Crippen LogP contribution is -2.59. The van der Waals surface area contributed by atoms with Gasteiger partial charge in [0.05, 0.1) is 17.7 Å². The number of nitrogens with zero attached hydrogens (tertiary/aromatic N) is 1. The summed E-state index contributed by atoms with van der Waals surface area (Å²) in [4.78, 5) is 27.8. The summed E-state index contributed by atoms with van der Waals surface area (Å²) in [7, 11) is -9.15. The number of aromatic nitrogens is 2. The van der Waals surface area contributed by atoms with Crippen molar-refractivity contribution in [3.8, 4) is 0 Å². The number of rotatable bonds is 7. The fraction of sp³-hybridized carbons (Fsp3) is 0.760. The minimum absolute atomic E-state index is 0.0346. The van der Waals surface area contributed by atoms with Gasteiger partial charge >= 0.3 is 5.69 Å². The third kappa shape index (κ3) is 5.79. The molecule has 1 spiro atoms. The van der Waals surface area contributed by atoms with Gasteiger partial charge in [-0.1, -0.05) is 48.5 Å². The highest BCUT2D eigenvalue weighted by molar-refractivity contribution is 7.90. The molecular formula is C25H45N3O8SSi2. The molecule has 1 saturated heterocycles. The molecule has 0 aromatic carbocycles. The molecule has 0 amide bonds. The maximum atomic E-state index is 13.1. The predicted octanol–water partition coefficient (Wildman–Crippen LogP) is 3.31. The molecule has 1 aromatic rings. The van der Waals surface area contributed by atoms with E-state index in [9.17, 15) is 18.0 Å². The first-order valence-corrected chi connectivity index (χ1v) is 20.5. The van der Waals surface area contributed by atoms with E-state index in [0.717, 1.165) is 5.41 Å². The quantitative estimate of drug-likeness (QED) is 0.353. The highest BCUT2D eigenvalue weighted by Gasteiger charge is 2.67. The standard InChI is InChI=1S/C25H45N3O8SSi2/c1-12-16-13-28(22(30)27-20(16)29)21-19(35-39(10,11)24(5,6)7)25(17(26)15-37(31,32)36-25)18(34-21)14-33-38(8,9)23(2,3)4/h13,15,18-19,21H,12,14,26H2,1-11H3,(H,27,29,30)/t18-,19+,21-,25?/m1/s1. The minimum atomic E-state index is -4.18. The third-order valence-electron chi connectivity index (χ3n) is 8.77. The van der Waals surface area contributed by atoms with E-state index in [0.29, 0.717) is 12.0 Å². The summed E-state index contributed by atoms with van der Waals surface area (Å²) in [6.45, 7) is 22.3. The molecule has 2 aliphatic rings. The minimum Gasteiger partial charge on any atom is -0.414 e. The number of nitrogens with two attached hydrogens (primary N) is 1. The second-order valence-corrected chi connectivity index (χ2v) is 24.5. The number of aryl methyl sites for hydroxylation is 1. The topological polar surface area (TPSA) is 152 Å². The molecule has 1 unspecified atom stereocenters. The number of nitrogens with one attached hydrogen (secondary N) is 1. The Morgan fingerprint density at radius 3 is 2.10 bits per heavy atom. The van der Waals surface area contributed by atoms with Crippen molar-refractivity contribution in [2.24, 2.45) is 5.73 Å². The van der Waals surface area contributed by atoms with Gasteiger partial charge in [-0.15, -0.1) is 0 Å². The second kappa shape index (κ2) is 10.1. The maximum Gasteiger partial charge on any atom is 0.330 e. The molecule has 3 N–H and O–H groups in total. The molecule has 3 rings (SSSR count). The molecule has 3 heterocycles. The van der Waals surface area contributed by atoms with Crippen LogP contribution in [0.2, 0.25) is 36.3 Å². The van der Waals surface area contributed by atoms with E-state index < -0.39 is 62.0 Å². The summed E-state index contributed by atoms with van der Waals surface area (Å²) < 4.78 is 52.5. The summed E-state index contributed by atoms with van der Waals surface area (Å²) >= 11 is 0. The fourth-order valence-electron chi connectivity index (χ4n) is 4.18. The summed E-state index contributed by atoms with van der Waals surface area (Å²) in [6.07, 6.45) is -1.51. The zero-order valence-corrected chi connectivity index (χ0v) is 27.8. The van der Waals surface area contributed by atoms with Crippen LogP contribution in [0, 0.1) is 0 Å². The number of H-pyrrole nitrogens is 1. The van der Waals surface area contributed by atoms with Crippen LogP contribution < -0.4 is 17.0 Å². The van der Waals surface area contributed by atoms with Crippen LogP contribution in [0.25, 0.3) is 0 Å². The van der Waals surface area contributed by atoms with Gasteiger partial charge in [0.15, 0.2) is 28.5 Å². The molecule has 14 heteroatoms. The first-order chi connectivity index (χ1) is 17.5. The van der Waals surface area contributed by atoms with Crippen LogP contribution in [0.4, 0.5) is 0 Å². The van der Waals surface area contributed by atoms with Crippen LogP contribution >= 0.6 is 0 Å². The molecule has 1 aromatic heterocycles. The summed E-state index contributed by atoms with van der Waals surface area (Å²) in [5.41, 5.74) is 3.77. The Hall–Kier alpha value is -1.56. The fourth-order valence-corrected chi connectivity index (χ4v) is 7.69. The monoisotopic (exact) mass is 603 g/mol. The van der Waals surface area contributed by atoms with Crippen LogP contribution in [0.5, 0.6) is 0 Å². The van der Waals surface area contributed by atoms with Gasteiger partial charge in [0.2, 0.25) is 0 Å². The van der Waals surface area contributed by atoms with Crippen molar-refractivity contribution in [1.29, 1.82) is 0 Å². The van der Waals surface area contributed by atoms with Crippen molar-refractivity contribution in [2.75, 3.05) is 6.61 Å². The molecule has 0 radical (unpaired) electrons. The molecule has 4 atom stereocenters. The van der Waals surface area contributed by atoms with E-state index in [1.54, 1.807) is 6.92 Å². The second-order valence-electron chi connectivity index (χ2n) is 13.5. The van der Waals surface area contributed by atoms with E-state index in [-0.39, 0.29) is 22.4 Å². The zero-order valence-electron chi connectivity index (χ0n) is 25.0. The van der Waals surface area contributed by atoms with Crippen molar-refractivity contribution in [3.63, 3.8) is 0 Å². The van der Waals surface area contributed by atoms with Crippen LogP contribution in [0.1, 0.15) is 60.3 Å². The van der Waals surface area contributed by atoms with Gasteiger partial charge in [0.25, 0.3) is 15.7 Å². The number of hydrogen-bond acceptors (Lipinski definition) is 9. The molecule has 222 valence electrons. The van der Waals surface area contributed by atoms with Crippen molar-refractivity contribution >= 4 is 26.8 Å². The molecule has 2 aliphatic heterocycles. The van der Waals surface area contributed by atoms with E-state index >= 15 is 0 Å². The van der Waals surface area contributed by atoms with Crippen LogP contribution in [0.15, 0.2) is 26.9 Å². The van der Waals surface area contributed by atoms with Gasteiger partial charge in [0, 0.05) is 11.8 Å². The average molecular weight is 604 g/mol. The van der Waals surface area contributed by atoms with Gasteiger partial charge in [0.1, 0.15) is 12.2 Å². The van der Waals surface area contributed by atoms with E-state index in [2.05, 4.69) is 38.8 Å². The molecule has 0 saturated carbocycles. The molecule has 0 bridgehead atoms. The lowest BCUT2D eigenvalue weighted by Gasteiger charge is -2.43. The highest BCUT2D eigenvalue weighted by Crippen LogP contribution is 2.52. The van der Waals surface area contributed by atoms with Gasteiger partial charge in [-0.25, -0.2) is 8.98 Å². The molecule has 11 nitrogen and oxygen atoms in total. The van der Waals surface area contributed by atoms with Gasteiger partial charge in [-0.2, -0.15) is 8.42 Å². The summed E-state index contributed by atoms with van der Waals surface area (Å²) in [6, 6.07) is 0. The van der Waals surface area contributed by atoms with Crippen LogP contribution in [0.3, 0.4) is 0 Å². The van der Waals surface area contributed by atoms with Crippen molar-refractivity contribution < 1.29 is 26.2 Å². The Morgan fingerprint density at radius 1 is 1.08 bits per heavy atom. The average Bonchev–Trinajstić information content (AvgIpc) is 3.17. The maximum absolute atomic E-state index is 13.1. The largest absolute Gasteiger partial charge is 0.414 e. The third-order valence-corrected chi connectivity index (χ3v) is 18.8. The Kier molecular flexibility index (Phi) is 8.25. The molecular weight excluding hydrogens is 559 g/mol. The lowest BCUT2D eigenvalue weighted by atomic mass is 9.89. The van der Waals surface area contributed by atoms with E-state index in [1.807, 2.05) is 33.9 Å². The lowest BCUT2D eigenvalue weighted by molar-refractivity contribution is -0.0563. The highest BCUT2D eigenvalue weighted by atomic mass is 32.2. The molecule has 39 heavy (non-hydrogen) atoms. The normalized spacial score (nSPS) is 27.8. The number of aromatic amines is 1. The first kappa shape index (κ1) is 32.0. The smallest absolute Gasteiger partial charge is 0.330 e. The molecule has 1 fully saturated rings. The number of ether oxygens (including phenoxy) is 1.